The third-order valence-corrected chi connectivity index (χ3v) is 6.89. The molecule has 3 aromatic rings. The molecule has 0 unspecified atom stereocenters. The van der Waals surface area contributed by atoms with E-state index in [1.807, 2.05) is 0 Å². The number of hydrogen-bond acceptors (Lipinski definition) is 5. The van der Waals surface area contributed by atoms with E-state index < -0.39 is 36.0 Å². The Morgan fingerprint density at radius 1 is 1.05 bits per heavy atom. The van der Waals surface area contributed by atoms with Crippen molar-refractivity contribution in [2.75, 3.05) is 6.54 Å². The second-order valence-corrected chi connectivity index (χ2v) is 10.5. The number of carbonyl (C=O) groups is 1. The fraction of sp³-hybridized carbons (Fsp3) is 0.360. The lowest BCUT2D eigenvalue weighted by Crippen LogP contribution is -2.38. The molecule has 2 aromatic carbocycles. The Balaban J connectivity index is 1.81. The van der Waals surface area contributed by atoms with Gasteiger partial charge in [-0.1, -0.05) is 29.8 Å². The fourth-order valence-electron chi connectivity index (χ4n) is 3.43. The number of aromatic nitrogens is 1. The highest BCUT2D eigenvalue weighted by Crippen LogP contribution is 2.34. The lowest BCUT2D eigenvalue weighted by atomic mass is 10.1. The third kappa shape index (κ3) is 7.84. The zero-order chi connectivity index (χ0) is 28.5. The van der Waals surface area contributed by atoms with Crippen LogP contribution >= 0.6 is 22.9 Å². The largest absolute Gasteiger partial charge is 0.478 e. The molecule has 0 amide bonds. The van der Waals surface area contributed by atoms with Gasteiger partial charge in [0.1, 0.15) is 10.8 Å². The molecule has 0 saturated carbocycles. The minimum Gasteiger partial charge on any atom is -0.478 e. The first-order chi connectivity index (χ1) is 17.4. The lowest BCUT2D eigenvalue weighted by molar-refractivity contribution is -0.152. The number of benzene rings is 2. The normalized spacial score (nSPS) is 12.7. The first kappa shape index (κ1) is 29.7. The first-order valence-corrected chi connectivity index (χ1v) is 12.3. The summed E-state index contributed by atoms with van der Waals surface area (Å²) in [6, 6.07) is 8.70. The third-order valence-electron chi connectivity index (χ3n) is 5.40. The van der Waals surface area contributed by atoms with E-state index in [1.54, 1.807) is 6.92 Å². The van der Waals surface area contributed by atoms with Crippen molar-refractivity contribution in [1.29, 1.82) is 0 Å². The van der Waals surface area contributed by atoms with Gasteiger partial charge in [-0.3, -0.25) is 4.90 Å². The van der Waals surface area contributed by atoms with Crippen LogP contribution in [0.2, 0.25) is 5.02 Å². The van der Waals surface area contributed by atoms with E-state index in [9.17, 15) is 36.2 Å². The van der Waals surface area contributed by atoms with E-state index in [1.165, 1.54) is 44.2 Å². The summed E-state index contributed by atoms with van der Waals surface area (Å²) < 4.78 is 84.1. The molecule has 38 heavy (non-hydrogen) atoms. The van der Waals surface area contributed by atoms with Gasteiger partial charge in [0.15, 0.2) is 5.60 Å². The van der Waals surface area contributed by atoms with Gasteiger partial charge >= 0.3 is 18.3 Å². The first-order valence-electron chi connectivity index (χ1n) is 11.1. The monoisotopic (exact) mass is 580 g/mol. The molecule has 5 nitrogen and oxygen atoms in total. The maximum absolute atomic E-state index is 13.4. The van der Waals surface area contributed by atoms with E-state index in [0.717, 1.165) is 28.4 Å². The standard InChI is InChI=1S/C25H23ClF6N2O3S/c1-14-20(38-21(33-14)16-5-7-17(8-6-16)25(30,31)32)12-34(13-24(27,28)29)11-15-4-9-19(18(26)10-15)37-23(2,3)22(35)36/h4-10H,11-13H2,1-3H3,(H,35,36). The smallest absolute Gasteiger partial charge is 0.416 e. The predicted octanol–water partition coefficient (Wildman–Crippen LogP) is 7.60. The van der Waals surface area contributed by atoms with E-state index in [4.69, 9.17) is 16.3 Å². The zero-order valence-electron chi connectivity index (χ0n) is 20.4. The van der Waals surface area contributed by atoms with Crippen LogP contribution in [0.25, 0.3) is 10.6 Å². The topological polar surface area (TPSA) is 62.7 Å². The van der Waals surface area contributed by atoms with Gasteiger partial charge in [0, 0.05) is 23.5 Å². The number of carboxylic acid groups (broad SMARTS) is 1. The van der Waals surface area contributed by atoms with Gasteiger partial charge in [-0.2, -0.15) is 26.3 Å². The fourth-order valence-corrected chi connectivity index (χ4v) is 4.78. The number of aliphatic carboxylic acids is 1. The predicted molar refractivity (Wildman–Crippen MR) is 131 cm³/mol. The molecular weight excluding hydrogens is 558 g/mol. The molecule has 0 atom stereocenters. The number of ether oxygens (including phenoxy) is 1. The van der Waals surface area contributed by atoms with Gasteiger partial charge in [0.25, 0.3) is 0 Å². The van der Waals surface area contributed by atoms with Crippen LogP contribution in [-0.2, 0) is 24.1 Å². The van der Waals surface area contributed by atoms with Crippen molar-refractivity contribution in [1.82, 2.24) is 9.88 Å². The molecule has 1 aromatic heterocycles. The molecule has 0 radical (unpaired) electrons. The summed E-state index contributed by atoms with van der Waals surface area (Å²) in [6.07, 6.45) is -8.99. The highest BCUT2D eigenvalue weighted by atomic mass is 35.5. The van der Waals surface area contributed by atoms with E-state index >= 15 is 0 Å². The Bertz CT molecular complexity index is 1290. The summed E-state index contributed by atoms with van der Waals surface area (Å²) in [7, 11) is 0. The van der Waals surface area contributed by atoms with Crippen LogP contribution in [0.5, 0.6) is 5.75 Å². The van der Waals surface area contributed by atoms with Crippen molar-refractivity contribution in [2.45, 2.75) is 51.8 Å². The maximum Gasteiger partial charge on any atom is 0.416 e. The van der Waals surface area contributed by atoms with Crippen molar-refractivity contribution < 1.29 is 41.0 Å². The van der Waals surface area contributed by atoms with Gasteiger partial charge in [0.2, 0.25) is 0 Å². The highest BCUT2D eigenvalue weighted by Gasteiger charge is 2.33. The van der Waals surface area contributed by atoms with Crippen molar-refractivity contribution in [3.63, 3.8) is 0 Å². The lowest BCUT2D eigenvalue weighted by Gasteiger charge is -2.25. The van der Waals surface area contributed by atoms with Crippen LogP contribution in [0.15, 0.2) is 42.5 Å². The van der Waals surface area contributed by atoms with Crippen LogP contribution in [0, 0.1) is 6.92 Å². The highest BCUT2D eigenvalue weighted by molar-refractivity contribution is 7.15. The van der Waals surface area contributed by atoms with Gasteiger partial charge in [-0.15, -0.1) is 11.3 Å². The number of hydrogen-bond donors (Lipinski definition) is 1. The molecule has 13 heteroatoms. The molecule has 0 spiro atoms. The van der Waals surface area contributed by atoms with Gasteiger partial charge in [-0.05, 0) is 50.6 Å². The Hall–Kier alpha value is -2.83. The Morgan fingerprint density at radius 3 is 2.21 bits per heavy atom. The number of nitrogens with zero attached hydrogens (tertiary/aromatic N) is 2. The maximum atomic E-state index is 13.4. The van der Waals surface area contributed by atoms with Crippen molar-refractivity contribution in [2.24, 2.45) is 0 Å². The molecule has 1 N–H and O–H groups in total. The van der Waals surface area contributed by atoms with Gasteiger partial charge < -0.3 is 9.84 Å². The molecule has 0 aliphatic carbocycles. The summed E-state index contributed by atoms with van der Waals surface area (Å²) in [5.41, 5.74) is -1.05. The Labute approximate surface area is 223 Å². The Morgan fingerprint density at radius 2 is 1.68 bits per heavy atom. The minimum absolute atomic E-state index is 0.0438. The van der Waals surface area contributed by atoms with E-state index in [-0.39, 0.29) is 23.9 Å². The summed E-state index contributed by atoms with van der Waals surface area (Å²) in [5.74, 6) is -1.14. The summed E-state index contributed by atoms with van der Waals surface area (Å²) >= 11 is 7.32. The molecule has 0 aliphatic rings. The number of thiazole rings is 1. The number of rotatable bonds is 9. The molecule has 0 saturated heterocycles. The second-order valence-electron chi connectivity index (χ2n) is 9.05. The average Bonchev–Trinajstić information content (AvgIpc) is 3.14. The summed E-state index contributed by atoms with van der Waals surface area (Å²) in [5, 5.41) is 9.66. The Kier molecular flexibility index (Phi) is 8.69. The zero-order valence-corrected chi connectivity index (χ0v) is 21.9. The molecular formula is C25H23ClF6N2O3S. The molecule has 0 fully saturated rings. The molecule has 206 valence electrons. The van der Waals surface area contributed by atoms with Crippen LogP contribution in [0.3, 0.4) is 0 Å². The molecule has 0 aliphatic heterocycles. The quantitative estimate of drug-likeness (QED) is 0.264. The number of carboxylic acids is 1. The van der Waals surface area contributed by atoms with Crippen molar-refractivity contribution in [3.05, 3.63) is 69.2 Å². The molecule has 0 bridgehead atoms. The number of alkyl halides is 6. The van der Waals surface area contributed by atoms with E-state index in [0.29, 0.717) is 26.7 Å². The van der Waals surface area contributed by atoms with Gasteiger partial charge in [-0.25, -0.2) is 9.78 Å². The number of aryl methyl sites for hydroxylation is 1. The average molecular weight is 581 g/mol. The van der Waals surface area contributed by atoms with Crippen LogP contribution in [0.4, 0.5) is 26.3 Å². The molecule has 1 heterocycles. The van der Waals surface area contributed by atoms with Crippen molar-refractivity contribution >= 4 is 28.9 Å². The summed E-state index contributed by atoms with van der Waals surface area (Å²) in [4.78, 5) is 17.3. The van der Waals surface area contributed by atoms with Crippen LogP contribution in [-0.4, -0.2) is 39.3 Å². The van der Waals surface area contributed by atoms with Crippen LogP contribution < -0.4 is 4.74 Å². The van der Waals surface area contributed by atoms with E-state index in [2.05, 4.69) is 4.98 Å². The molecule has 3 rings (SSSR count). The number of halogens is 7. The van der Waals surface area contributed by atoms with Gasteiger partial charge in [0.05, 0.1) is 22.8 Å². The minimum atomic E-state index is -4.51. The summed E-state index contributed by atoms with van der Waals surface area (Å²) in [6.45, 7) is 2.79. The second kappa shape index (κ2) is 11.1. The van der Waals surface area contributed by atoms with Crippen LogP contribution in [0.1, 0.15) is 35.5 Å². The van der Waals surface area contributed by atoms with Crippen molar-refractivity contribution in [3.8, 4) is 16.3 Å². The SMILES string of the molecule is Cc1nc(-c2ccc(C(F)(F)F)cc2)sc1CN(Cc1ccc(OC(C)(C)C(=O)O)c(Cl)c1)CC(F)(F)F.